The summed E-state index contributed by atoms with van der Waals surface area (Å²) in [5.74, 6) is 0.527. The minimum absolute atomic E-state index is 0.0639. The Hall–Kier alpha value is -3.23. The number of carbonyl (C=O) groups excluding carboxylic acids is 1. The Morgan fingerprint density at radius 2 is 1.94 bits per heavy atom. The van der Waals surface area contributed by atoms with E-state index >= 15 is 0 Å². The molecule has 0 radical (unpaired) electrons. The van der Waals surface area contributed by atoms with E-state index in [9.17, 15) is 9.18 Å². The number of para-hydroxylation sites is 1. The van der Waals surface area contributed by atoms with Gasteiger partial charge in [-0.05, 0) is 63.1 Å². The minimum Gasteiger partial charge on any atom is -0.490 e. The van der Waals surface area contributed by atoms with E-state index in [1.165, 1.54) is 12.1 Å². The first-order valence-corrected chi connectivity index (χ1v) is 12.4. The standard InChI is InChI=1S/C28H34FN3O4/c1-19(2)32-13-5-6-22(17-32)30-28(33)24-16-26(35-15-14-34-3)23-7-4-8-25(27(23)31-24)36-18-20-9-11-21(29)12-10-20/h4,7-12,16,19,22H,5-6,13-15,17-18H2,1-3H3,(H,30,33)/t22-/m1/s1. The number of pyridine rings is 1. The summed E-state index contributed by atoms with van der Waals surface area (Å²) in [4.78, 5) is 20.4. The number of halogens is 1. The van der Waals surface area contributed by atoms with Gasteiger partial charge < -0.3 is 19.5 Å². The summed E-state index contributed by atoms with van der Waals surface area (Å²) >= 11 is 0. The third-order valence-electron chi connectivity index (χ3n) is 6.37. The van der Waals surface area contributed by atoms with E-state index in [-0.39, 0.29) is 30.1 Å². The van der Waals surface area contributed by atoms with Gasteiger partial charge in [0.2, 0.25) is 0 Å². The second-order valence-electron chi connectivity index (χ2n) is 9.32. The second kappa shape index (κ2) is 12.1. The van der Waals surface area contributed by atoms with Crippen molar-refractivity contribution in [3.63, 3.8) is 0 Å². The number of hydrogen-bond donors (Lipinski definition) is 1. The van der Waals surface area contributed by atoms with Crippen molar-refractivity contribution < 1.29 is 23.4 Å². The number of nitrogens with zero attached hydrogens (tertiary/aromatic N) is 2. The zero-order valence-corrected chi connectivity index (χ0v) is 21.1. The molecule has 0 unspecified atom stereocenters. The first-order valence-electron chi connectivity index (χ1n) is 12.4. The maximum atomic E-state index is 13.3. The molecule has 4 rings (SSSR count). The molecule has 1 aliphatic rings. The smallest absolute Gasteiger partial charge is 0.270 e. The van der Waals surface area contributed by atoms with E-state index in [2.05, 4.69) is 29.0 Å². The third kappa shape index (κ3) is 6.50. The van der Waals surface area contributed by atoms with Gasteiger partial charge in [-0.2, -0.15) is 0 Å². The van der Waals surface area contributed by atoms with Gasteiger partial charge in [0.1, 0.15) is 41.7 Å². The fourth-order valence-corrected chi connectivity index (χ4v) is 4.37. The van der Waals surface area contributed by atoms with E-state index < -0.39 is 0 Å². The molecule has 1 fully saturated rings. The maximum absolute atomic E-state index is 13.3. The predicted octanol–water partition coefficient (Wildman–Crippen LogP) is 4.58. The lowest BCUT2D eigenvalue weighted by Gasteiger charge is -2.35. The summed E-state index contributed by atoms with van der Waals surface area (Å²) in [5.41, 5.74) is 1.63. The van der Waals surface area contributed by atoms with Crippen LogP contribution in [0, 0.1) is 5.82 Å². The van der Waals surface area contributed by atoms with Crippen molar-refractivity contribution >= 4 is 16.8 Å². The number of hydrogen-bond acceptors (Lipinski definition) is 6. The van der Waals surface area contributed by atoms with Crippen LogP contribution < -0.4 is 14.8 Å². The largest absolute Gasteiger partial charge is 0.490 e. The molecule has 0 aliphatic carbocycles. The second-order valence-corrected chi connectivity index (χ2v) is 9.32. The number of likely N-dealkylation sites (tertiary alicyclic amines) is 1. The van der Waals surface area contributed by atoms with E-state index in [0.29, 0.717) is 36.3 Å². The number of piperidine rings is 1. The van der Waals surface area contributed by atoms with Gasteiger partial charge in [-0.25, -0.2) is 9.37 Å². The molecule has 0 spiro atoms. The summed E-state index contributed by atoms with van der Waals surface area (Å²) in [6, 6.07) is 13.9. The Morgan fingerprint density at radius 1 is 1.14 bits per heavy atom. The van der Waals surface area contributed by atoms with Gasteiger partial charge in [0.25, 0.3) is 5.91 Å². The molecule has 8 heteroatoms. The number of ether oxygens (including phenoxy) is 3. The zero-order chi connectivity index (χ0) is 25.5. The van der Waals surface area contributed by atoms with Gasteiger partial charge >= 0.3 is 0 Å². The van der Waals surface area contributed by atoms with Crippen molar-refractivity contribution in [1.82, 2.24) is 15.2 Å². The van der Waals surface area contributed by atoms with Crippen LogP contribution in [0.25, 0.3) is 10.9 Å². The van der Waals surface area contributed by atoms with E-state index in [1.54, 1.807) is 31.4 Å². The predicted molar refractivity (Wildman–Crippen MR) is 137 cm³/mol. The van der Waals surface area contributed by atoms with Crippen molar-refractivity contribution in [2.45, 2.75) is 45.4 Å². The Kier molecular flexibility index (Phi) is 8.72. The highest BCUT2D eigenvalue weighted by atomic mass is 19.1. The molecule has 1 saturated heterocycles. The molecule has 1 atom stereocenters. The lowest BCUT2D eigenvalue weighted by Crippen LogP contribution is -2.49. The van der Waals surface area contributed by atoms with Crippen LogP contribution in [-0.2, 0) is 11.3 Å². The molecule has 7 nitrogen and oxygen atoms in total. The molecule has 2 aromatic carbocycles. The highest BCUT2D eigenvalue weighted by molar-refractivity contribution is 5.98. The quantitative estimate of drug-likeness (QED) is 0.415. The summed E-state index contributed by atoms with van der Waals surface area (Å²) in [7, 11) is 1.61. The van der Waals surface area contributed by atoms with Gasteiger partial charge in [-0.1, -0.05) is 18.2 Å². The summed E-state index contributed by atoms with van der Waals surface area (Å²) in [6.45, 7) is 7.20. The van der Waals surface area contributed by atoms with Gasteiger partial charge in [-0.3, -0.25) is 9.69 Å². The fourth-order valence-electron chi connectivity index (χ4n) is 4.37. The first-order chi connectivity index (χ1) is 17.4. The highest BCUT2D eigenvalue weighted by Gasteiger charge is 2.24. The summed E-state index contributed by atoms with van der Waals surface area (Å²) < 4.78 is 30.4. The number of fused-ring (bicyclic) bond motifs is 1. The Bertz CT molecular complexity index is 1170. The van der Waals surface area contributed by atoms with Crippen LogP contribution in [0.4, 0.5) is 4.39 Å². The van der Waals surface area contributed by atoms with Crippen molar-refractivity contribution in [2.75, 3.05) is 33.4 Å². The van der Waals surface area contributed by atoms with E-state index in [4.69, 9.17) is 14.2 Å². The number of rotatable bonds is 10. The molecular weight excluding hydrogens is 461 g/mol. The van der Waals surface area contributed by atoms with E-state index in [1.807, 2.05) is 12.1 Å². The molecule has 0 bridgehead atoms. The van der Waals surface area contributed by atoms with Crippen molar-refractivity contribution in [1.29, 1.82) is 0 Å². The van der Waals surface area contributed by atoms with Gasteiger partial charge in [0.05, 0.1) is 6.61 Å². The number of methoxy groups -OCH3 is 1. The highest BCUT2D eigenvalue weighted by Crippen LogP contribution is 2.32. The average Bonchev–Trinajstić information content (AvgIpc) is 2.88. The molecule has 36 heavy (non-hydrogen) atoms. The van der Waals surface area contributed by atoms with Crippen LogP contribution in [0.2, 0.25) is 0 Å². The van der Waals surface area contributed by atoms with Gasteiger partial charge in [0.15, 0.2) is 0 Å². The number of nitrogens with one attached hydrogen (secondary N) is 1. The lowest BCUT2D eigenvalue weighted by molar-refractivity contribution is 0.0881. The van der Waals surface area contributed by atoms with Crippen molar-refractivity contribution in [3.8, 4) is 11.5 Å². The summed E-state index contributed by atoms with van der Waals surface area (Å²) in [6.07, 6.45) is 1.98. The Balaban J connectivity index is 1.60. The Morgan fingerprint density at radius 3 is 2.69 bits per heavy atom. The molecule has 3 aromatic rings. The van der Waals surface area contributed by atoms with Crippen LogP contribution in [-0.4, -0.2) is 61.3 Å². The van der Waals surface area contributed by atoms with Gasteiger partial charge in [-0.15, -0.1) is 0 Å². The molecular formula is C28H34FN3O4. The van der Waals surface area contributed by atoms with E-state index in [0.717, 1.165) is 36.9 Å². The first kappa shape index (κ1) is 25.9. The molecule has 192 valence electrons. The Labute approximate surface area is 211 Å². The molecule has 1 N–H and O–H groups in total. The molecule has 0 saturated carbocycles. The average molecular weight is 496 g/mol. The van der Waals surface area contributed by atoms with Crippen LogP contribution >= 0.6 is 0 Å². The molecule has 1 aromatic heterocycles. The van der Waals surface area contributed by atoms with Crippen LogP contribution in [0.15, 0.2) is 48.5 Å². The van der Waals surface area contributed by atoms with Gasteiger partial charge in [0, 0.05) is 37.2 Å². The van der Waals surface area contributed by atoms with Crippen LogP contribution in [0.3, 0.4) is 0 Å². The minimum atomic E-state index is -0.298. The zero-order valence-electron chi connectivity index (χ0n) is 21.1. The number of aromatic nitrogens is 1. The number of benzene rings is 2. The monoisotopic (exact) mass is 495 g/mol. The topological polar surface area (TPSA) is 72.9 Å². The third-order valence-corrected chi connectivity index (χ3v) is 6.37. The number of carbonyl (C=O) groups is 1. The van der Waals surface area contributed by atoms with Crippen LogP contribution in [0.1, 0.15) is 42.7 Å². The van der Waals surface area contributed by atoms with Crippen LogP contribution in [0.5, 0.6) is 11.5 Å². The fraction of sp³-hybridized carbons (Fsp3) is 0.429. The maximum Gasteiger partial charge on any atom is 0.270 e. The normalized spacial score (nSPS) is 16.3. The number of amides is 1. The molecule has 1 amide bonds. The SMILES string of the molecule is COCCOc1cc(C(=O)N[C@@H]2CCCN(C(C)C)C2)nc2c(OCc3ccc(F)cc3)cccc12. The molecule has 2 heterocycles. The van der Waals surface area contributed by atoms with Crippen molar-refractivity contribution in [2.24, 2.45) is 0 Å². The summed E-state index contributed by atoms with van der Waals surface area (Å²) in [5, 5.41) is 3.90. The van der Waals surface area contributed by atoms with Crippen molar-refractivity contribution in [3.05, 3.63) is 65.6 Å². The lowest BCUT2D eigenvalue weighted by atomic mass is 10.0. The molecule has 1 aliphatic heterocycles.